The van der Waals surface area contributed by atoms with Crippen molar-refractivity contribution in [3.8, 4) is 0 Å². The largest absolute Gasteiger partial charge is 0.306 e. The van der Waals surface area contributed by atoms with Gasteiger partial charge in [0, 0.05) is 28.8 Å². The fourth-order valence-electron chi connectivity index (χ4n) is 3.33. The van der Waals surface area contributed by atoms with Gasteiger partial charge in [-0.2, -0.15) is 0 Å². The first kappa shape index (κ1) is 17.6. The lowest BCUT2D eigenvalue weighted by Gasteiger charge is -2.08. The third-order valence-electron chi connectivity index (χ3n) is 4.82. The van der Waals surface area contributed by atoms with E-state index in [1.54, 1.807) is 12.1 Å². The Morgan fingerprint density at radius 1 is 1.12 bits per heavy atom. The predicted molar refractivity (Wildman–Crippen MR) is 103 cm³/mol. The fraction of sp³-hybridized carbons (Fsp3) is 0.300. The van der Waals surface area contributed by atoms with Gasteiger partial charge < -0.3 is 4.57 Å². The zero-order valence-electron chi connectivity index (χ0n) is 14.4. The number of rotatable bonds is 6. The smallest absolute Gasteiger partial charge is 0.191 e. The summed E-state index contributed by atoms with van der Waals surface area (Å²) in [6, 6.07) is 15.3. The number of benzene rings is 2. The second-order valence-electron chi connectivity index (χ2n) is 6.43. The van der Waals surface area contributed by atoms with E-state index in [1.807, 2.05) is 6.07 Å². The van der Waals surface area contributed by atoms with Crippen LogP contribution in [0.3, 0.4) is 0 Å². The van der Waals surface area contributed by atoms with Crippen LogP contribution in [0.4, 0.5) is 4.39 Å². The van der Waals surface area contributed by atoms with E-state index in [0.717, 1.165) is 23.9 Å². The molecule has 6 heteroatoms. The third kappa shape index (κ3) is 3.38. The Bertz CT molecular complexity index is 892. The molecule has 4 rings (SSSR count). The van der Waals surface area contributed by atoms with Crippen LogP contribution >= 0.6 is 23.4 Å². The lowest BCUT2D eigenvalue weighted by molar-refractivity contribution is 0.616. The number of halogens is 2. The first-order valence-electron chi connectivity index (χ1n) is 8.72. The molecule has 2 aromatic carbocycles. The van der Waals surface area contributed by atoms with Crippen molar-refractivity contribution in [1.29, 1.82) is 0 Å². The van der Waals surface area contributed by atoms with Gasteiger partial charge in [0.05, 0.1) is 0 Å². The normalized spacial score (nSPS) is 18.9. The summed E-state index contributed by atoms with van der Waals surface area (Å²) < 4.78 is 16.1. The number of nitrogens with zero attached hydrogens (tertiary/aromatic N) is 3. The molecular weight excluding hydrogens is 369 g/mol. The molecular formula is C20H19ClFN3S. The minimum Gasteiger partial charge on any atom is -0.306 e. The fourth-order valence-corrected chi connectivity index (χ4v) is 4.69. The van der Waals surface area contributed by atoms with Crippen LogP contribution in [0.15, 0.2) is 53.7 Å². The molecule has 3 nitrogen and oxygen atoms in total. The summed E-state index contributed by atoms with van der Waals surface area (Å²) in [5.74, 6) is 2.12. The number of aromatic nitrogens is 3. The second kappa shape index (κ2) is 7.41. The molecule has 0 radical (unpaired) electrons. The van der Waals surface area contributed by atoms with Crippen molar-refractivity contribution >= 4 is 23.4 Å². The molecule has 2 atom stereocenters. The Morgan fingerprint density at radius 2 is 1.92 bits per heavy atom. The molecule has 3 aromatic rings. The summed E-state index contributed by atoms with van der Waals surface area (Å²) in [6.07, 6.45) is 1.10. The van der Waals surface area contributed by atoms with Gasteiger partial charge in [-0.15, -0.1) is 10.2 Å². The Kier molecular flexibility index (Phi) is 5.00. The molecule has 0 saturated heterocycles. The van der Waals surface area contributed by atoms with Crippen molar-refractivity contribution < 1.29 is 4.39 Å². The number of hydrogen-bond acceptors (Lipinski definition) is 3. The van der Waals surface area contributed by atoms with Gasteiger partial charge in [0.1, 0.15) is 11.6 Å². The third-order valence-corrected chi connectivity index (χ3v) is 6.17. The number of hydrogen-bond donors (Lipinski definition) is 0. The average molecular weight is 388 g/mol. The van der Waals surface area contributed by atoms with Gasteiger partial charge in [-0.1, -0.05) is 59.8 Å². The van der Waals surface area contributed by atoms with E-state index in [9.17, 15) is 4.39 Å². The van der Waals surface area contributed by atoms with Crippen LogP contribution < -0.4 is 0 Å². The average Bonchev–Trinajstić information content (AvgIpc) is 3.35. The molecule has 1 fully saturated rings. The quantitative estimate of drug-likeness (QED) is 0.512. The molecule has 26 heavy (non-hydrogen) atoms. The van der Waals surface area contributed by atoms with Gasteiger partial charge >= 0.3 is 0 Å². The van der Waals surface area contributed by atoms with E-state index in [4.69, 9.17) is 11.6 Å². The van der Waals surface area contributed by atoms with Crippen molar-refractivity contribution in [2.24, 2.45) is 0 Å². The highest BCUT2D eigenvalue weighted by molar-refractivity contribution is 7.98. The maximum absolute atomic E-state index is 14.0. The lowest BCUT2D eigenvalue weighted by atomic mass is 10.1. The van der Waals surface area contributed by atoms with Crippen molar-refractivity contribution in [2.75, 3.05) is 0 Å². The van der Waals surface area contributed by atoms with E-state index < -0.39 is 0 Å². The highest BCUT2D eigenvalue weighted by atomic mass is 35.5. The second-order valence-corrected chi connectivity index (χ2v) is 7.78. The number of thioether (sulfide) groups is 1. The molecule has 1 aliphatic rings. The van der Waals surface area contributed by atoms with Crippen molar-refractivity contribution in [3.63, 3.8) is 0 Å². The highest BCUT2D eigenvalue weighted by Gasteiger charge is 2.43. The summed E-state index contributed by atoms with van der Waals surface area (Å²) in [6.45, 7) is 2.89. The molecule has 0 amide bonds. The molecule has 0 N–H and O–H groups in total. The summed E-state index contributed by atoms with van der Waals surface area (Å²) in [5, 5.41) is 10.1. The van der Waals surface area contributed by atoms with Gasteiger partial charge in [0.25, 0.3) is 0 Å². The van der Waals surface area contributed by atoms with Crippen LogP contribution in [-0.2, 0) is 12.3 Å². The molecule has 134 valence electrons. The molecule has 0 bridgehead atoms. The summed E-state index contributed by atoms with van der Waals surface area (Å²) in [7, 11) is 0. The molecule has 0 aliphatic heterocycles. The van der Waals surface area contributed by atoms with Crippen LogP contribution in [0, 0.1) is 5.82 Å². The van der Waals surface area contributed by atoms with E-state index in [-0.39, 0.29) is 5.82 Å². The van der Waals surface area contributed by atoms with Crippen molar-refractivity contribution in [1.82, 2.24) is 14.8 Å². The van der Waals surface area contributed by atoms with Crippen LogP contribution in [0.25, 0.3) is 0 Å². The van der Waals surface area contributed by atoms with Crippen LogP contribution in [-0.4, -0.2) is 14.8 Å². The highest BCUT2D eigenvalue weighted by Crippen LogP contribution is 2.54. The molecule has 1 saturated carbocycles. The topological polar surface area (TPSA) is 30.7 Å². The Hall–Kier alpha value is -1.85. The van der Waals surface area contributed by atoms with Gasteiger partial charge in [0.2, 0.25) is 0 Å². The molecule has 1 aromatic heterocycles. The van der Waals surface area contributed by atoms with E-state index in [2.05, 4.69) is 46.0 Å². The zero-order chi connectivity index (χ0) is 18.1. The lowest BCUT2D eigenvalue weighted by Crippen LogP contribution is -2.03. The van der Waals surface area contributed by atoms with E-state index in [0.29, 0.717) is 28.2 Å². The van der Waals surface area contributed by atoms with E-state index in [1.165, 1.54) is 23.4 Å². The maximum Gasteiger partial charge on any atom is 0.191 e. The van der Waals surface area contributed by atoms with Gasteiger partial charge in [-0.25, -0.2) is 4.39 Å². The summed E-state index contributed by atoms with van der Waals surface area (Å²) in [4.78, 5) is 0. The first-order valence-corrected chi connectivity index (χ1v) is 10.1. The van der Waals surface area contributed by atoms with Gasteiger partial charge in [0.15, 0.2) is 5.16 Å². The maximum atomic E-state index is 14.0. The monoisotopic (exact) mass is 387 g/mol. The Balaban J connectivity index is 1.51. The van der Waals surface area contributed by atoms with Gasteiger partial charge in [-0.05, 0) is 37.0 Å². The summed E-state index contributed by atoms with van der Waals surface area (Å²) >= 11 is 7.61. The molecule has 1 aliphatic carbocycles. The molecule has 2 unspecified atom stereocenters. The van der Waals surface area contributed by atoms with Crippen LogP contribution in [0.2, 0.25) is 5.02 Å². The van der Waals surface area contributed by atoms with Crippen LogP contribution in [0.5, 0.6) is 0 Å². The summed E-state index contributed by atoms with van der Waals surface area (Å²) in [5.41, 5.74) is 1.87. The minimum absolute atomic E-state index is 0.279. The van der Waals surface area contributed by atoms with Crippen molar-refractivity contribution in [2.45, 2.75) is 42.6 Å². The standard InChI is InChI=1S/C20H19ClFN3S/c1-2-25-19(15-11-14(15)13-7-4-3-5-8-13)23-24-20(25)26-12-16-17(21)9-6-10-18(16)22/h3-10,14-15H,2,11-12H2,1H3. The predicted octanol–water partition coefficient (Wildman–Crippen LogP) is 5.65. The van der Waals surface area contributed by atoms with Crippen molar-refractivity contribution in [3.05, 3.63) is 76.3 Å². The SMILES string of the molecule is CCn1c(SCc2c(F)cccc2Cl)nnc1C1CC1c1ccccc1. The molecule has 0 spiro atoms. The zero-order valence-corrected chi connectivity index (χ0v) is 16.0. The first-order chi connectivity index (χ1) is 12.7. The van der Waals surface area contributed by atoms with Gasteiger partial charge in [-0.3, -0.25) is 0 Å². The minimum atomic E-state index is -0.279. The van der Waals surface area contributed by atoms with E-state index >= 15 is 0 Å². The Morgan fingerprint density at radius 3 is 2.65 bits per heavy atom. The Labute approximate surface area is 161 Å². The molecule has 1 heterocycles. The van der Waals surface area contributed by atoms with Crippen LogP contribution in [0.1, 0.15) is 42.1 Å².